The van der Waals surface area contributed by atoms with Crippen LogP contribution in [0, 0.1) is 11.8 Å². The third-order valence-corrected chi connectivity index (χ3v) is 4.34. The molecule has 2 atom stereocenters. The summed E-state index contributed by atoms with van der Waals surface area (Å²) in [7, 11) is 6.22. The summed E-state index contributed by atoms with van der Waals surface area (Å²) < 4.78 is 4.98. The van der Waals surface area contributed by atoms with Crippen molar-refractivity contribution in [2.45, 2.75) is 0 Å². The maximum Gasteiger partial charge on any atom is 0.257 e. The van der Waals surface area contributed by atoms with Crippen molar-refractivity contribution >= 4 is 5.91 Å². The number of likely N-dealkylation sites (tertiary alicyclic amines) is 1. The molecule has 0 bridgehead atoms. The summed E-state index contributed by atoms with van der Waals surface area (Å²) in [5, 5.41) is 9.61. The van der Waals surface area contributed by atoms with E-state index in [1.807, 2.05) is 4.90 Å². The van der Waals surface area contributed by atoms with E-state index in [9.17, 15) is 9.90 Å². The first-order valence-electron chi connectivity index (χ1n) is 7.77. The van der Waals surface area contributed by atoms with Crippen LogP contribution in [0.3, 0.4) is 0 Å². The van der Waals surface area contributed by atoms with Gasteiger partial charge in [-0.25, -0.2) is 0 Å². The molecular formula is C16H27N3O3. The Morgan fingerprint density at radius 3 is 2.64 bits per heavy atom. The highest BCUT2D eigenvalue weighted by molar-refractivity contribution is 5.94. The van der Waals surface area contributed by atoms with Crippen LogP contribution in [0.15, 0.2) is 23.0 Å². The lowest BCUT2D eigenvalue weighted by Crippen LogP contribution is -2.35. The van der Waals surface area contributed by atoms with Gasteiger partial charge < -0.3 is 24.2 Å². The molecule has 2 rings (SSSR count). The van der Waals surface area contributed by atoms with Crippen molar-refractivity contribution < 1.29 is 14.3 Å². The minimum absolute atomic E-state index is 0.00866. The van der Waals surface area contributed by atoms with Crippen LogP contribution in [0.5, 0.6) is 0 Å². The molecule has 1 amide bonds. The van der Waals surface area contributed by atoms with Crippen molar-refractivity contribution in [3.05, 3.63) is 24.2 Å². The number of hydrogen-bond donors (Lipinski definition) is 1. The maximum atomic E-state index is 12.4. The molecule has 1 N–H and O–H groups in total. The molecule has 1 fully saturated rings. The smallest absolute Gasteiger partial charge is 0.257 e. The summed E-state index contributed by atoms with van der Waals surface area (Å²) in [4.78, 5) is 18.6. The van der Waals surface area contributed by atoms with Gasteiger partial charge in [0.15, 0.2) is 0 Å². The Labute approximate surface area is 132 Å². The van der Waals surface area contributed by atoms with Crippen LogP contribution in [0.1, 0.15) is 10.4 Å². The molecule has 0 radical (unpaired) electrons. The Morgan fingerprint density at radius 2 is 2.05 bits per heavy atom. The fraction of sp³-hybridized carbons (Fsp3) is 0.688. The second kappa shape index (κ2) is 7.76. The summed E-state index contributed by atoms with van der Waals surface area (Å²) in [6.07, 6.45) is 2.99. The number of furan rings is 1. The molecule has 6 heteroatoms. The summed E-state index contributed by atoms with van der Waals surface area (Å²) in [5.74, 6) is 0.455. The van der Waals surface area contributed by atoms with Gasteiger partial charge in [-0.05, 0) is 33.1 Å². The molecule has 124 valence electrons. The summed E-state index contributed by atoms with van der Waals surface area (Å²) >= 11 is 0. The number of nitrogens with zero attached hydrogens (tertiary/aromatic N) is 3. The highest BCUT2D eigenvalue weighted by Gasteiger charge is 2.35. The largest absolute Gasteiger partial charge is 0.472 e. The molecule has 1 aromatic rings. The van der Waals surface area contributed by atoms with Gasteiger partial charge in [-0.2, -0.15) is 0 Å². The van der Waals surface area contributed by atoms with E-state index in [1.165, 1.54) is 12.5 Å². The van der Waals surface area contributed by atoms with Gasteiger partial charge in [-0.15, -0.1) is 0 Å². The van der Waals surface area contributed by atoms with Crippen molar-refractivity contribution in [2.24, 2.45) is 11.8 Å². The molecule has 1 aliphatic rings. The van der Waals surface area contributed by atoms with Crippen molar-refractivity contribution in [2.75, 3.05) is 60.5 Å². The topological polar surface area (TPSA) is 60.2 Å². The fourth-order valence-electron chi connectivity index (χ4n) is 2.95. The molecule has 22 heavy (non-hydrogen) atoms. The lowest BCUT2D eigenvalue weighted by atomic mass is 9.96. The van der Waals surface area contributed by atoms with E-state index < -0.39 is 0 Å². The van der Waals surface area contributed by atoms with E-state index in [4.69, 9.17) is 4.42 Å². The van der Waals surface area contributed by atoms with Gasteiger partial charge in [0.1, 0.15) is 6.26 Å². The van der Waals surface area contributed by atoms with E-state index in [1.54, 1.807) is 6.07 Å². The number of rotatable bonds is 7. The maximum absolute atomic E-state index is 12.4. The number of carbonyl (C=O) groups is 1. The van der Waals surface area contributed by atoms with Crippen LogP contribution >= 0.6 is 0 Å². The van der Waals surface area contributed by atoms with Crippen molar-refractivity contribution in [3.63, 3.8) is 0 Å². The average Bonchev–Trinajstić information content (AvgIpc) is 3.13. The lowest BCUT2D eigenvalue weighted by molar-refractivity contribution is 0.0778. The molecule has 1 aliphatic heterocycles. The Hall–Kier alpha value is -1.37. The van der Waals surface area contributed by atoms with Gasteiger partial charge in [0, 0.05) is 45.2 Å². The number of aliphatic hydroxyl groups excluding tert-OH is 1. The molecule has 0 aliphatic carbocycles. The minimum Gasteiger partial charge on any atom is -0.472 e. The highest BCUT2D eigenvalue weighted by atomic mass is 16.3. The molecule has 0 spiro atoms. The van der Waals surface area contributed by atoms with E-state index in [2.05, 4.69) is 30.9 Å². The number of hydrogen-bond acceptors (Lipinski definition) is 5. The van der Waals surface area contributed by atoms with Gasteiger partial charge >= 0.3 is 0 Å². The second-order valence-corrected chi connectivity index (χ2v) is 6.49. The van der Waals surface area contributed by atoms with Gasteiger partial charge in [0.25, 0.3) is 5.91 Å². The SMILES string of the molecule is CN(C)CCN(C)C[C@@H]1CN(C(=O)c2ccoc2)C[C@@H]1CO. The molecule has 0 saturated carbocycles. The second-order valence-electron chi connectivity index (χ2n) is 6.49. The van der Waals surface area contributed by atoms with Crippen molar-refractivity contribution in [1.82, 2.24) is 14.7 Å². The third-order valence-electron chi connectivity index (χ3n) is 4.34. The molecule has 0 unspecified atom stereocenters. The van der Waals surface area contributed by atoms with Crippen molar-refractivity contribution in [3.8, 4) is 0 Å². The van der Waals surface area contributed by atoms with Crippen LogP contribution in [0.2, 0.25) is 0 Å². The average molecular weight is 309 g/mol. The molecule has 2 heterocycles. The Morgan fingerprint density at radius 1 is 1.32 bits per heavy atom. The standard InChI is InChI=1S/C16H27N3O3/c1-17(2)5-6-18(3)8-14-9-19(10-15(14)11-20)16(21)13-4-7-22-12-13/h4,7,12,14-15,20H,5-6,8-11H2,1-3H3/t14-,15-/m1/s1. The number of aliphatic hydroxyl groups is 1. The van der Waals surface area contributed by atoms with Crippen molar-refractivity contribution in [1.29, 1.82) is 0 Å². The zero-order chi connectivity index (χ0) is 16.1. The van der Waals surface area contributed by atoms with Gasteiger partial charge in [0.2, 0.25) is 0 Å². The third kappa shape index (κ3) is 4.32. The highest BCUT2D eigenvalue weighted by Crippen LogP contribution is 2.25. The van der Waals surface area contributed by atoms with E-state index in [0.29, 0.717) is 24.6 Å². The lowest BCUT2D eigenvalue weighted by Gasteiger charge is -2.25. The van der Waals surface area contributed by atoms with E-state index >= 15 is 0 Å². The molecule has 1 saturated heterocycles. The summed E-state index contributed by atoms with van der Waals surface area (Å²) in [6.45, 7) is 4.33. The van der Waals surface area contributed by atoms with Gasteiger partial charge in [-0.3, -0.25) is 4.79 Å². The summed E-state index contributed by atoms with van der Waals surface area (Å²) in [5.41, 5.74) is 0.582. The number of amides is 1. The Balaban J connectivity index is 1.90. The monoisotopic (exact) mass is 309 g/mol. The Kier molecular flexibility index (Phi) is 5.99. The first-order chi connectivity index (χ1) is 10.5. The van der Waals surface area contributed by atoms with Gasteiger partial charge in [-0.1, -0.05) is 0 Å². The van der Waals surface area contributed by atoms with E-state index in [-0.39, 0.29) is 18.4 Å². The predicted octanol–water partition coefficient (Wildman–Crippen LogP) is 0.454. The molecule has 0 aromatic carbocycles. The van der Waals surface area contributed by atoms with E-state index in [0.717, 1.165) is 19.6 Å². The van der Waals surface area contributed by atoms with Crippen LogP contribution in [0.25, 0.3) is 0 Å². The Bertz CT molecular complexity index is 461. The minimum atomic E-state index is -0.00866. The van der Waals surface area contributed by atoms with Crippen LogP contribution in [0.4, 0.5) is 0 Å². The van der Waals surface area contributed by atoms with Crippen LogP contribution < -0.4 is 0 Å². The number of likely N-dealkylation sites (N-methyl/N-ethyl adjacent to an activating group) is 2. The quantitative estimate of drug-likeness (QED) is 0.793. The predicted molar refractivity (Wildman–Crippen MR) is 84.7 cm³/mol. The van der Waals surface area contributed by atoms with Crippen LogP contribution in [-0.4, -0.2) is 86.2 Å². The fourth-order valence-corrected chi connectivity index (χ4v) is 2.95. The van der Waals surface area contributed by atoms with Gasteiger partial charge in [0.05, 0.1) is 11.8 Å². The molecule has 1 aromatic heterocycles. The molecular weight excluding hydrogens is 282 g/mol. The summed E-state index contributed by atoms with van der Waals surface area (Å²) in [6, 6.07) is 1.69. The first-order valence-corrected chi connectivity index (χ1v) is 7.77. The molecule has 6 nitrogen and oxygen atoms in total. The normalized spacial score (nSPS) is 22.0. The first kappa shape index (κ1) is 17.0. The zero-order valence-electron chi connectivity index (χ0n) is 13.7. The number of carbonyl (C=O) groups excluding carboxylic acids is 1. The zero-order valence-corrected chi connectivity index (χ0v) is 13.7. The van der Waals surface area contributed by atoms with Crippen LogP contribution in [-0.2, 0) is 0 Å².